The maximum Gasteiger partial charge on any atom is 0.231 e. The summed E-state index contributed by atoms with van der Waals surface area (Å²) >= 11 is 0. The van der Waals surface area contributed by atoms with Crippen molar-refractivity contribution in [1.82, 2.24) is 15.5 Å². The Kier molecular flexibility index (Phi) is 2.01. The molecule has 0 aromatic carbocycles. The van der Waals surface area contributed by atoms with E-state index in [9.17, 15) is 0 Å². The molecular formula is C10H15N3O. The van der Waals surface area contributed by atoms with E-state index in [1.807, 2.05) is 0 Å². The van der Waals surface area contributed by atoms with Crippen LogP contribution in [-0.4, -0.2) is 23.2 Å². The molecule has 0 bridgehead atoms. The van der Waals surface area contributed by atoms with Crippen molar-refractivity contribution in [3.8, 4) is 0 Å². The summed E-state index contributed by atoms with van der Waals surface area (Å²) in [4.78, 5) is 4.50. The van der Waals surface area contributed by atoms with E-state index in [0.29, 0.717) is 11.8 Å². The van der Waals surface area contributed by atoms with Crippen LogP contribution in [0, 0.1) is 0 Å². The lowest BCUT2D eigenvalue weighted by atomic mass is 9.85. The van der Waals surface area contributed by atoms with Crippen LogP contribution in [-0.2, 0) is 0 Å². The van der Waals surface area contributed by atoms with Crippen molar-refractivity contribution in [2.45, 2.75) is 37.5 Å². The lowest BCUT2D eigenvalue weighted by Crippen LogP contribution is -2.11. The van der Waals surface area contributed by atoms with Gasteiger partial charge in [-0.05, 0) is 25.8 Å². The molecule has 76 valence electrons. The third-order valence-corrected chi connectivity index (χ3v) is 3.34. The summed E-state index contributed by atoms with van der Waals surface area (Å²) in [6, 6.07) is 0. The summed E-state index contributed by atoms with van der Waals surface area (Å²) in [6.45, 7) is 2.07. The molecule has 2 heterocycles. The zero-order valence-corrected chi connectivity index (χ0v) is 8.20. The maximum atomic E-state index is 5.30. The number of aromatic nitrogens is 2. The fraction of sp³-hybridized carbons (Fsp3) is 0.800. The highest BCUT2D eigenvalue weighted by molar-refractivity contribution is 5.03. The first kappa shape index (κ1) is 8.41. The molecule has 14 heavy (non-hydrogen) atoms. The number of hydrogen-bond donors (Lipinski definition) is 1. The smallest absolute Gasteiger partial charge is 0.231 e. The van der Waals surface area contributed by atoms with Crippen molar-refractivity contribution in [3.63, 3.8) is 0 Å². The summed E-state index contributed by atoms with van der Waals surface area (Å²) < 4.78 is 5.30. The van der Waals surface area contributed by atoms with Crippen molar-refractivity contribution in [1.29, 1.82) is 0 Å². The monoisotopic (exact) mass is 193 g/mol. The third kappa shape index (κ3) is 1.34. The van der Waals surface area contributed by atoms with Gasteiger partial charge in [-0.3, -0.25) is 0 Å². The molecule has 2 fully saturated rings. The highest BCUT2D eigenvalue weighted by Crippen LogP contribution is 2.35. The molecule has 1 aromatic heterocycles. The molecule has 1 N–H and O–H groups in total. The molecule has 3 rings (SSSR count). The molecular weight excluding hydrogens is 178 g/mol. The minimum Gasteiger partial charge on any atom is -0.339 e. The molecule has 0 spiro atoms. The SMILES string of the molecule is C1CC(c2noc(C3CCNC3)n2)C1. The Morgan fingerprint density at radius 1 is 1.21 bits per heavy atom. The largest absolute Gasteiger partial charge is 0.339 e. The van der Waals surface area contributed by atoms with Gasteiger partial charge in [0.25, 0.3) is 0 Å². The molecule has 1 aromatic rings. The Morgan fingerprint density at radius 2 is 2.14 bits per heavy atom. The highest BCUT2D eigenvalue weighted by Gasteiger charge is 2.27. The predicted octanol–water partition coefficient (Wildman–Crippen LogP) is 1.41. The van der Waals surface area contributed by atoms with Crippen molar-refractivity contribution in [2.75, 3.05) is 13.1 Å². The van der Waals surface area contributed by atoms with Gasteiger partial charge in [-0.25, -0.2) is 0 Å². The Balaban J connectivity index is 1.75. The standard InChI is InChI=1S/C10H15N3O/c1-2-7(3-1)9-12-10(14-13-9)8-4-5-11-6-8/h7-8,11H,1-6H2. The minimum absolute atomic E-state index is 0.455. The Hall–Kier alpha value is -0.900. The van der Waals surface area contributed by atoms with Crippen LogP contribution in [0.3, 0.4) is 0 Å². The van der Waals surface area contributed by atoms with Crippen molar-refractivity contribution >= 4 is 0 Å². The second kappa shape index (κ2) is 3.35. The molecule has 1 saturated heterocycles. The molecule has 1 saturated carbocycles. The van der Waals surface area contributed by atoms with Crippen LogP contribution in [0.2, 0.25) is 0 Å². The third-order valence-electron chi connectivity index (χ3n) is 3.34. The summed E-state index contributed by atoms with van der Waals surface area (Å²) in [5.41, 5.74) is 0. The molecule has 1 aliphatic heterocycles. The fourth-order valence-corrected chi connectivity index (χ4v) is 2.11. The predicted molar refractivity (Wildman–Crippen MR) is 51.1 cm³/mol. The van der Waals surface area contributed by atoms with Crippen LogP contribution in [0.1, 0.15) is 49.2 Å². The van der Waals surface area contributed by atoms with E-state index in [4.69, 9.17) is 4.52 Å². The van der Waals surface area contributed by atoms with E-state index in [0.717, 1.165) is 31.2 Å². The van der Waals surface area contributed by atoms with Gasteiger partial charge in [-0.15, -0.1) is 0 Å². The van der Waals surface area contributed by atoms with E-state index in [1.54, 1.807) is 0 Å². The fourth-order valence-electron chi connectivity index (χ4n) is 2.11. The molecule has 1 aliphatic carbocycles. The molecule has 0 radical (unpaired) electrons. The lowest BCUT2D eigenvalue weighted by Gasteiger charge is -2.20. The molecule has 2 aliphatic rings. The van der Waals surface area contributed by atoms with Crippen LogP contribution < -0.4 is 5.32 Å². The van der Waals surface area contributed by atoms with Gasteiger partial charge in [-0.1, -0.05) is 11.6 Å². The first-order valence-electron chi connectivity index (χ1n) is 5.47. The highest BCUT2D eigenvalue weighted by atomic mass is 16.5. The van der Waals surface area contributed by atoms with Crippen molar-refractivity contribution in [3.05, 3.63) is 11.7 Å². The van der Waals surface area contributed by atoms with E-state index in [-0.39, 0.29) is 0 Å². The Bertz CT molecular complexity index is 313. The van der Waals surface area contributed by atoms with Crippen LogP contribution >= 0.6 is 0 Å². The maximum absolute atomic E-state index is 5.30. The quantitative estimate of drug-likeness (QED) is 0.771. The van der Waals surface area contributed by atoms with E-state index in [2.05, 4.69) is 15.5 Å². The van der Waals surface area contributed by atoms with E-state index >= 15 is 0 Å². The van der Waals surface area contributed by atoms with Crippen molar-refractivity contribution < 1.29 is 4.52 Å². The van der Waals surface area contributed by atoms with E-state index < -0.39 is 0 Å². The topological polar surface area (TPSA) is 51.0 Å². The van der Waals surface area contributed by atoms with Crippen molar-refractivity contribution in [2.24, 2.45) is 0 Å². The Labute approximate surface area is 83.1 Å². The van der Waals surface area contributed by atoms with Gasteiger partial charge in [0.05, 0.1) is 5.92 Å². The summed E-state index contributed by atoms with van der Waals surface area (Å²) in [7, 11) is 0. The first-order chi connectivity index (χ1) is 6.93. The number of rotatable bonds is 2. The van der Waals surface area contributed by atoms with Gasteiger partial charge in [0.15, 0.2) is 5.82 Å². The van der Waals surface area contributed by atoms with Gasteiger partial charge in [0.2, 0.25) is 5.89 Å². The van der Waals surface area contributed by atoms with Crippen LogP contribution in [0.4, 0.5) is 0 Å². The molecule has 4 nitrogen and oxygen atoms in total. The number of nitrogens with zero attached hydrogens (tertiary/aromatic N) is 2. The zero-order chi connectivity index (χ0) is 9.38. The number of nitrogens with one attached hydrogen (secondary N) is 1. The van der Waals surface area contributed by atoms with Gasteiger partial charge < -0.3 is 9.84 Å². The first-order valence-corrected chi connectivity index (χ1v) is 5.47. The molecule has 0 amide bonds. The van der Waals surface area contributed by atoms with Gasteiger partial charge in [0, 0.05) is 12.5 Å². The number of hydrogen-bond acceptors (Lipinski definition) is 4. The average molecular weight is 193 g/mol. The van der Waals surface area contributed by atoms with E-state index in [1.165, 1.54) is 19.3 Å². The van der Waals surface area contributed by atoms with Crippen LogP contribution in [0.25, 0.3) is 0 Å². The summed E-state index contributed by atoms with van der Waals surface area (Å²) in [5.74, 6) is 2.83. The van der Waals surface area contributed by atoms with Gasteiger partial charge >= 0.3 is 0 Å². The normalized spacial score (nSPS) is 27.9. The van der Waals surface area contributed by atoms with Gasteiger partial charge in [-0.2, -0.15) is 4.98 Å². The van der Waals surface area contributed by atoms with Crippen LogP contribution in [0.5, 0.6) is 0 Å². The lowest BCUT2D eigenvalue weighted by molar-refractivity contribution is 0.337. The van der Waals surface area contributed by atoms with Crippen LogP contribution in [0.15, 0.2) is 4.52 Å². The Morgan fingerprint density at radius 3 is 2.79 bits per heavy atom. The molecule has 1 atom stereocenters. The minimum atomic E-state index is 0.455. The summed E-state index contributed by atoms with van der Waals surface area (Å²) in [5, 5.41) is 7.38. The average Bonchev–Trinajstić information content (AvgIpc) is 2.65. The second-order valence-corrected chi connectivity index (χ2v) is 4.31. The summed E-state index contributed by atoms with van der Waals surface area (Å²) in [6.07, 6.45) is 4.93. The second-order valence-electron chi connectivity index (χ2n) is 4.31. The van der Waals surface area contributed by atoms with Gasteiger partial charge in [0.1, 0.15) is 0 Å². The molecule has 1 unspecified atom stereocenters. The zero-order valence-electron chi connectivity index (χ0n) is 8.20. The molecule has 4 heteroatoms.